The molecule has 0 unspecified atom stereocenters. The van der Waals surface area contributed by atoms with Crippen LogP contribution in [0.25, 0.3) is 0 Å². The summed E-state index contributed by atoms with van der Waals surface area (Å²) in [6.45, 7) is 3.05. The van der Waals surface area contributed by atoms with Crippen LogP contribution in [0.5, 0.6) is 0 Å². The fraction of sp³-hybridized carbons (Fsp3) is 0.682. The van der Waals surface area contributed by atoms with Gasteiger partial charge in [0.25, 0.3) is 0 Å². The monoisotopic (exact) mass is 356 g/mol. The maximum atomic E-state index is 11.2. The van der Waals surface area contributed by atoms with Crippen molar-refractivity contribution < 1.29 is 9.90 Å². The van der Waals surface area contributed by atoms with E-state index in [4.69, 9.17) is 0 Å². The van der Waals surface area contributed by atoms with Crippen LogP contribution >= 0.6 is 0 Å². The topological polar surface area (TPSA) is 43.8 Å². The fourth-order valence-electron chi connectivity index (χ4n) is 5.66. The standard InChI is InChI=1S/C22H32N2O2/c1-23(22(25)26)15-17-8-5-9-19-18(17)10-11-21-20(19)12-13-24(21)14-16-6-3-2-4-7-16/h5,8-9,16,20-21H,2-4,6-7,10-15H2,1H3,(H,25,26)/t20-,21+/m1/s1. The van der Waals surface area contributed by atoms with Gasteiger partial charge in [-0.3, -0.25) is 4.90 Å². The number of carbonyl (C=O) groups is 1. The average Bonchev–Trinajstić information content (AvgIpc) is 3.06. The predicted molar refractivity (Wildman–Crippen MR) is 104 cm³/mol. The number of fused-ring (bicyclic) bond motifs is 3. The van der Waals surface area contributed by atoms with Gasteiger partial charge in [-0.15, -0.1) is 0 Å². The van der Waals surface area contributed by atoms with Crippen molar-refractivity contribution in [1.82, 2.24) is 9.80 Å². The largest absolute Gasteiger partial charge is 0.465 e. The summed E-state index contributed by atoms with van der Waals surface area (Å²) in [4.78, 5) is 15.4. The molecule has 2 fully saturated rings. The third-order valence-electron chi connectivity index (χ3n) is 7.01. The summed E-state index contributed by atoms with van der Waals surface area (Å²) in [6, 6.07) is 7.26. The maximum absolute atomic E-state index is 11.2. The number of rotatable bonds is 4. The molecule has 0 radical (unpaired) electrons. The predicted octanol–water partition coefficient (Wildman–Crippen LogP) is 4.48. The van der Waals surface area contributed by atoms with Crippen molar-refractivity contribution >= 4 is 6.09 Å². The lowest BCUT2D eigenvalue weighted by molar-refractivity contribution is 0.153. The van der Waals surface area contributed by atoms with E-state index in [0.717, 1.165) is 12.3 Å². The lowest BCUT2D eigenvalue weighted by Crippen LogP contribution is -2.38. The Bertz CT molecular complexity index is 654. The van der Waals surface area contributed by atoms with Crippen LogP contribution in [-0.4, -0.2) is 47.2 Å². The van der Waals surface area contributed by atoms with E-state index >= 15 is 0 Å². The molecule has 1 aromatic rings. The second-order valence-corrected chi connectivity index (χ2v) is 8.62. The molecule has 1 heterocycles. The van der Waals surface area contributed by atoms with E-state index in [2.05, 4.69) is 23.1 Å². The SMILES string of the molecule is CN(Cc1cccc2c1CC[C@H]1[C@@H]2CCN1CC1CCCCC1)C(=O)O. The van der Waals surface area contributed by atoms with Crippen molar-refractivity contribution in [2.24, 2.45) is 5.92 Å². The normalized spacial score (nSPS) is 26.3. The van der Waals surface area contributed by atoms with Crippen molar-refractivity contribution in [3.8, 4) is 0 Å². The highest BCUT2D eigenvalue weighted by Crippen LogP contribution is 2.43. The molecule has 142 valence electrons. The molecule has 2 atom stereocenters. The highest BCUT2D eigenvalue weighted by atomic mass is 16.4. The summed E-state index contributed by atoms with van der Waals surface area (Å²) >= 11 is 0. The molecular formula is C22H32N2O2. The van der Waals surface area contributed by atoms with Gasteiger partial charge in [-0.2, -0.15) is 0 Å². The third kappa shape index (κ3) is 3.48. The van der Waals surface area contributed by atoms with E-state index in [1.165, 1.54) is 79.6 Å². The lowest BCUT2D eigenvalue weighted by atomic mass is 9.77. The summed E-state index contributed by atoms with van der Waals surface area (Å²) in [7, 11) is 1.66. The molecule has 1 saturated carbocycles. The van der Waals surface area contributed by atoms with Crippen LogP contribution in [0.15, 0.2) is 18.2 Å². The van der Waals surface area contributed by atoms with Gasteiger partial charge in [-0.05, 0) is 61.3 Å². The molecule has 0 bridgehead atoms. The molecule has 0 aromatic heterocycles. The Morgan fingerprint density at radius 2 is 2.00 bits per heavy atom. The Morgan fingerprint density at radius 1 is 1.19 bits per heavy atom. The smallest absolute Gasteiger partial charge is 0.407 e. The minimum Gasteiger partial charge on any atom is -0.465 e. The zero-order valence-corrected chi connectivity index (χ0v) is 16.0. The minimum absolute atomic E-state index is 0.502. The molecule has 4 heteroatoms. The highest BCUT2D eigenvalue weighted by molar-refractivity contribution is 5.64. The quantitative estimate of drug-likeness (QED) is 0.865. The number of benzene rings is 1. The van der Waals surface area contributed by atoms with Crippen LogP contribution < -0.4 is 0 Å². The second kappa shape index (κ2) is 7.59. The zero-order chi connectivity index (χ0) is 18.1. The van der Waals surface area contributed by atoms with E-state index in [9.17, 15) is 9.90 Å². The Balaban J connectivity index is 1.49. The van der Waals surface area contributed by atoms with Crippen molar-refractivity contribution in [2.45, 2.75) is 69.9 Å². The first-order valence-electron chi connectivity index (χ1n) is 10.4. The van der Waals surface area contributed by atoms with Crippen molar-refractivity contribution in [1.29, 1.82) is 0 Å². The van der Waals surface area contributed by atoms with Gasteiger partial charge in [0, 0.05) is 32.1 Å². The number of nitrogens with zero attached hydrogens (tertiary/aromatic N) is 2. The summed E-state index contributed by atoms with van der Waals surface area (Å²) in [5, 5.41) is 9.21. The van der Waals surface area contributed by atoms with E-state index in [-0.39, 0.29) is 0 Å². The van der Waals surface area contributed by atoms with Crippen LogP contribution in [0.1, 0.15) is 67.6 Å². The van der Waals surface area contributed by atoms with Crippen LogP contribution in [0, 0.1) is 5.92 Å². The van der Waals surface area contributed by atoms with Gasteiger partial charge in [0.2, 0.25) is 0 Å². The molecule has 1 amide bonds. The van der Waals surface area contributed by atoms with Crippen molar-refractivity contribution in [2.75, 3.05) is 20.1 Å². The molecule has 4 nitrogen and oxygen atoms in total. The molecule has 26 heavy (non-hydrogen) atoms. The van der Waals surface area contributed by atoms with Gasteiger partial charge in [0.1, 0.15) is 0 Å². The first-order chi connectivity index (χ1) is 12.6. The molecule has 1 aromatic carbocycles. The number of hydrogen-bond acceptors (Lipinski definition) is 2. The van der Waals surface area contributed by atoms with E-state index in [1.807, 2.05) is 0 Å². The van der Waals surface area contributed by atoms with Crippen molar-refractivity contribution in [3.05, 3.63) is 34.9 Å². The maximum Gasteiger partial charge on any atom is 0.407 e. The second-order valence-electron chi connectivity index (χ2n) is 8.62. The van der Waals surface area contributed by atoms with Gasteiger partial charge < -0.3 is 10.0 Å². The number of hydrogen-bond donors (Lipinski definition) is 1. The van der Waals surface area contributed by atoms with Crippen LogP contribution in [0.2, 0.25) is 0 Å². The van der Waals surface area contributed by atoms with Crippen LogP contribution in [0.4, 0.5) is 4.79 Å². The highest BCUT2D eigenvalue weighted by Gasteiger charge is 2.39. The van der Waals surface area contributed by atoms with Gasteiger partial charge in [-0.1, -0.05) is 37.5 Å². The summed E-state index contributed by atoms with van der Waals surface area (Å²) in [5.41, 5.74) is 4.14. The Morgan fingerprint density at radius 3 is 2.77 bits per heavy atom. The Hall–Kier alpha value is -1.55. The van der Waals surface area contributed by atoms with Crippen molar-refractivity contribution in [3.63, 3.8) is 0 Å². The zero-order valence-electron chi connectivity index (χ0n) is 16.0. The average molecular weight is 357 g/mol. The number of carboxylic acid groups (broad SMARTS) is 1. The van der Waals surface area contributed by atoms with Gasteiger partial charge in [-0.25, -0.2) is 4.79 Å². The summed E-state index contributed by atoms with van der Waals surface area (Å²) in [5.74, 6) is 1.57. The van der Waals surface area contributed by atoms with Gasteiger partial charge in [0.15, 0.2) is 0 Å². The minimum atomic E-state index is -0.851. The summed E-state index contributed by atoms with van der Waals surface area (Å²) in [6.07, 6.45) is 9.89. The molecule has 2 aliphatic carbocycles. The summed E-state index contributed by atoms with van der Waals surface area (Å²) < 4.78 is 0. The van der Waals surface area contributed by atoms with E-state index < -0.39 is 6.09 Å². The third-order valence-corrected chi connectivity index (χ3v) is 7.01. The molecule has 3 aliphatic rings. The molecule has 0 spiro atoms. The van der Waals surface area contributed by atoms with Gasteiger partial charge >= 0.3 is 6.09 Å². The first-order valence-corrected chi connectivity index (χ1v) is 10.4. The van der Waals surface area contributed by atoms with Crippen LogP contribution in [0.3, 0.4) is 0 Å². The lowest BCUT2D eigenvalue weighted by Gasteiger charge is -2.36. The van der Waals surface area contributed by atoms with Crippen LogP contribution in [-0.2, 0) is 13.0 Å². The molecule has 1 aliphatic heterocycles. The van der Waals surface area contributed by atoms with Gasteiger partial charge in [0.05, 0.1) is 0 Å². The Labute approximate surface area is 157 Å². The van der Waals surface area contributed by atoms with E-state index in [0.29, 0.717) is 18.5 Å². The molecular weight excluding hydrogens is 324 g/mol. The first kappa shape index (κ1) is 17.8. The Kier molecular flexibility index (Phi) is 5.21. The van der Waals surface area contributed by atoms with E-state index in [1.54, 1.807) is 7.05 Å². The molecule has 4 rings (SSSR count). The fourth-order valence-corrected chi connectivity index (χ4v) is 5.66. The molecule has 1 N–H and O–H groups in total. The number of likely N-dealkylation sites (tertiary alicyclic amines) is 1. The number of amides is 1. The molecule has 1 saturated heterocycles.